The maximum atomic E-state index is 6.49. The van der Waals surface area contributed by atoms with Crippen molar-refractivity contribution in [3.63, 3.8) is 0 Å². The lowest BCUT2D eigenvalue weighted by Gasteiger charge is -2.23. The molecule has 0 bridgehead atoms. The maximum absolute atomic E-state index is 6.49. The summed E-state index contributed by atoms with van der Waals surface area (Å²) in [5.74, 6) is 0.982. The van der Waals surface area contributed by atoms with Crippen LogP contribution in [0.4, 0.5) is 11.5 Å². The molecule has 0 amide bonds. The van der Waals surface area contributed by atoms with Gasteiger partial charge in [0.2, 0.25) is 0 Å². The second-order valence-corrected chi connectivity index (χ2v) is 10.1. The number of hydrogen-bond donors (Lipinski definition) is 2. The van der Waals surface area contributed by atoms with Crippen molar-refractivity contribution in [2.24, 2.45) is 5.73 Å². The molecule has 1 aliphatic heterocycles. The van der Waals surface area contributed by atoms with Gasteiger partial charge in [-0.25, -0.2) is 9.97 Å². The molecule has 1 atom stereocenters. The van der Waals surface area contributed by atoms with Crippen LogP contribution in [0.15, 0.2) is 58.8 Å². The second-order valence-electron chi connectivity index (χ2n) is 9.05. The highest BCUT2D eigenvalue weighted by Crippen LogP contribution is 2.46. The van der Waals surface area contributed by atoms with Crippen molar-refractivity contribution in [3.05, 3.63) is 60.0 Å². The first-order valence-electron chi connectivity index (χ1n) is 11.1. The van der Waals surface area contributed by atoms with Crippen molar-refractivity contribution in [2.45, 2.75) is 35.4 Å². The lowest BCUT2D eigenvalue weighted by Crippen LogP contribution is -2.39. The van der Waals surface area contributed by atoms with Crippen LogP contribution in [0.2, 0.25) is 0 Å². The number of nitrogens with one attached hydrogen (secondary N) is 1. The summed E-state index contributed by atoms with van der Waals surface area (Å²) in [5.41, 5.74) is 13.9. The predicted molar refractivity (Wildman–Crippen MR) is 133 cm³/mol. The van der Waals surface area contributed by atoms with E-state index in [0.29, 0.717) is 0 Å². The van der Waals surface area contributed by atoms with E-state index in [1.165, 1.54) is 22.9 Å². The fourth-order valence-electron chi connectivity index (χ4n) is 4.82. The molecule has 7 nitrogen and oxygen atoms in total. The van der Waals surface area contributed by atoms with Gasteiger partial charge in [-0.05, 0) is 60.5 Å². The van der Waals surface area contributed by atoms with Crippen LogP contribution in [0.25, 0.3) is 22.2 Å². The van der Waals surface area contributed by atoms with Gasteiger partial charge in [0.1, 0.15) is 5.82 Å². The zero-order valence-corrected chi connectivity index (χ0v) is 19.5. The Labute approximate surface area is 196 Å². The van der Waals surface area contributed by atoms with Gasteiger partial charge in [0, 0.05) is 60.6 Å². The summed E-state index contributed by atoms with van der Waals surface area (Å²) < 4.78 is 0. The zero-order chi connectivity index (χ0) is 22.6. The quantitative estimate of drug-likeness (QED) is 0.391. The first-order valence-corrected chi connectivity index (χ1v) is 12.0. The normalized spacial score (nSPS) is 19.1. The first-order chi connectivity index (χ1) is 16.0. The molecule has 1 fully saturated rings. The van der Waals surface area contributed by atoms with Crippen LogP contribution in [0.3, 0.4) is 0 Å². The lowest BCUT2D eigenvalue weighted by molar-refractivity contribution is 0.524. The number of anilines is 2. The number of hydrogen-bond acceptors (Lipinski definition) is 8. The number of fused-ring (bicyclic) bond motifs is 4. The molecule has 3 aromatic heterocycles. The molecule has 0 saturated carbocycles. The summed E-state index contributed by atoms with van der Waals surface area (Å²) in [6.07, 6.45) is 5.38. The van der Waals surface area contributed by atoms with Gasteiger partial charge in [0.25, 0.3) is 0 Å². The Bertz CT molecular complexity index is 1380. The average molecular weight is 456 g/mol. The molecule has 1 aliphatic carbocycles. The Morgan fingerprint density at radius 3 is 2.85 bits per heavy atom. The number of aromatic nitrogens is 4. The summed E-state index contributed by atoms with van der Waals surface area (Å²) in [6, 6.07) is 12.3. The van der Waals surface area contributed by atoms with E-state index in [4.69, 9.17) is 15.7 Å². The number of nitrogens with zero attached hydrogens (tertiary/aromatic N) is 5. The van der Waals surface area contributed by atoms with E-state index in [1.54, 1.807) is 6.20 Å². The summed E-state index contributed by atoms with van der Waals surface area (Å²) >= 11 is 1.53. The Kier molecular flexibility index (Phi) is 4.74. The van der Waals surface area contributed by atoms with Crippen molar-refractivity contribution < 1.29 is 0 Å². The monoisotopic (exact) mass is 455 g/mol. The highest BCUT2D eigenvalue weighted by Gasteiger charge is 2.35. The highest BCUT2D eigenvalue weighted by molar-refractivity contribution is 7.99. The van der Waals surface area contributed by atoms with Gasteiger partial charge in [-0.3, -0.25) is 9.97 Å². The lowest BCUT2D eigenvalue weighted by atomic mass is 10.0. The van der Waals surface area contributed by atoms with E-state index >= 15 is 0 Å². The summed E-state index contributed by atoms with van der Waals surface area (Å²) in [7, 11) is 1.97. The zero-order valence-electron chi connectivity index (χ0n) is 18.7. The van der Waals surface area contributed by atoms with E-state index in [-0.39, 0.29) is 5.54 Å². The van der Waals surface area contributed by atoms with E-state index in [2.05, 4.69) is 45.3 Å². The van der Waals surface area contributed by atoms with Crippen LogP contribution in [-0.4, -0.2) is 45.6 Å². The molecular formula is C25H25N7S. The molecule has 2 aliphatic rings. The van der Waals surface area contributed by atoms with Gasteiger partial charge in [-0.15, -0.1) is 0 Å². The van der Waals surface area contributed by atoms with Gasteiger partial charge < -0.3 is 16.0 Å². The van der Waals surface area contributed by atoms with Gasteiger partial charge >= 0.3 is 0 Å². The standard InChI is InChI=1S/C25H25N7S/c1-25(26)8-10-32(14-25)23-22-16-5-3-6-18(27-2)17(16)12-21(22)30-24(31-23)33-15-11-20-19(29-13-15)7-4-9-28-20/h3-7,9,11,13,27H,8,10,12,14,26H2,1-2H3. The van der Waals surface area contributed by atoms with Crippen LogP contribution in [0.1, 0.15) is 24.6 Å². The van der Waals surface area contributed by atoms with Crippen LogP contribution in [-0.2, 0) is 6.42 Å². The molecule has 3 N–H and O–H groups in total. The number of benzene rings is 1. The fraction of sp³-hybridized carbons (Fsp3) is 0.280. The molecule has 33 heavy (non-hydrogen) atoms. The third kappa shape index (κ3) is 3.59. The van der Waals surface area contributed by atoms with Gasteiger partial charge in [-0.2, -0.15) is 0 Å². The SMILES string of the molecule is CNc1cccc2c1Cc1nc(Sc3cnc4cccnc4c3)nc(N3CCC(C)(N)C3)c1-2. The van der Waals surface area contributed by atoms with E-state index in [9.17, 15) is 0 Å². The Morgan fingerprint density at radius 2 is 2.03 bits per heavy atom. The molecule has 0 spiro atoms. The molecule has 166 valence electrons. The highest BCUT2D eigenvalue weighted by atomic mass is 32.2. The molecule has 8 heteroatoms. The predicted octanol–water partition coefficient (Wildman–Crippen LogP) is 4.11. The number of pyridine rings is 2. The molecule has 4 heterocycles. The molecule has 0 radical (unpaired) electrons. The topological polar surface area (TPSA) is 92.8 Å². The maximum Gasteiger partial charge on any atom is 0.194 e. The smallest absolute Gasteiger partial charge is 0.194 e. The Balaban J connectivity index is 1.45. The van der Waals surface area contributed by atoms with Crippen LogP contribution in [0, 0.1) is 0 Å². The van der Waals surface area contributed by atoms with E-state index in [1.807, 2.05) is 31.4 Å². The largest absolute Gasteiger partial charge is 0.388 e. The third-order valence-electron chi connectivity index (χ3n) is 6.44. The summed E-state index contributed by atoms with van der Waals surface area (Å²) in [5, 5.41) is 4.06. The fourth-order valence-corrected chi connectivity index (χ4v) is 5.60. The van der Waals surface area contributed by atoms with Crippen molar-refractivity contribution in [1.82, 2.24) is 19.9 Å². The van der Waals surface area contributed by atoms with E-state index < -0.39 is 0 Å². The number of rotatable bonds is 4. The van der Waals surface area contributed by atoms with Crippen LogP contribution >= 0.6 is 11.8 Å². The van der Waals surface area contributed by atoms with Crippen molar-refractivity contribution in [2.75, 3.05) is 30.4 Å². The van der Waals surface area contributed by atoms with Crippen LogP contribution < -0.4 is 16.0 Å². The average Bonchev–Trinajstić information content (AvgIpc) is 3.37. The molecule has 6 rings (SSSR count). The Morgan fingerprint density at radius 1 is 1.12 bits per heavy atom. The summed E-state index contributed by atoms with van der Waals surface area (Å²) in [4.78, 5) is 22.4. The summed E-state index contributed by atoms with van der Waals surface area (Å²) in [6.45, 7) is 3.79. The Hall–Kier alpha value is -3.23. The molecule has 1 unspecified atom stereocenters. The third-order valence-corrected chi connectivity index (χ3v) is 7.27. The first kappa shape index (κ1) is 20.4. The van der Waals surface area contributed by atoms with Crippen LogP contribution in [0.5, 0.6) is 0 Å². The van der Waals surface area contributed by atoms with Crippen molar-refractivity contribution in [3.8, 4) is 11.1 Å². The van der Waals surface area contributed by atoms with Crippen molar-refractivity contribution in [1.29, 1.82) is 0 Å². The van der Waals surface area contributed by atoms with Gasteiger partial charge in [0.05, 0.1) is 16.7 Å². The molecule has 4 aromatic rings. The molecule has 1 saturated heterocycles. The van der Waals surface area contributed by atoms with Crippen molar-refractivity contribution >= 4 is 34.3 Å². The number of nitrogens with two attached hydrogens (primary N) is 1. The minimum absolute atomic E-state index is 0.215. The minimum atomic E-state index is -0.215. The van der Waals surface area contributed by atoms with E-state index in [0.717, 1.165) is 69.8 Å². The van der Waals surface area contributed by atoms with Gasteiger partial charge in [0.15, 0.2) is 5.16 Å². The molecule has 1 aromatic carbocycles. The minimum Gasteiger partial charge on any atom is -0.388 e. The molecular weight excluding hydrogens is 430 g/mol. The van der Waals surface area contributed by atoms with Gasteiger partial charge in [-0.1, -0.05) is 12.1 Å². The second kappa shape index (κ2) is 7.67.